The van der Waals surface area contributed by atoms with Gasteiger partial charge in [0.25, 0.3) is 0 Å². The first-order valence-corrected chi connectivity index (χ1v) is 24.0. The lowest BCUT2D eigenvalue weighted by molar-refractivity contribution is 0.531. The number of aryl methyl sites for hydroxylation is 3. The Morgan fingerprint density at radius 1 is 0.603 bits per heavy atom. The van der Waals surface area contributed by atoms with E-state index in [-0.39, 0.29) is 5.54 Å². The molecule has 0 aliphatic heterocycles. The maximum absolute atomic E-state index is 4.19. The number of benzene rings is 4. The molecule has 3 aliphatic rings. The van der Waals surface area contributed by atoms with Crippen molar-refractivity contribution in [3.8, 4) is 0 Å². The Kier molecular flexibility index (Phi) is 16.9. The van der Waals surface area contributed by atoms with Gasteiger partial charge in [-0.2, -0.15) is 0 Å². The SMILES string of the molecule is C=C/C=C\C=C/CN(c1ccc(/C=C/C=C/C=C(\C=C)N(C2=CCC(C)C=C2)c2ccc(C)cc2)cc1)C1(C)C=CC(/C=C/C2=CCC=C(N(c3ccc(C)cc3)c3ccc(C)cc3)C=C2)=CC1. The van der Waals surface area contributed by atoms with Gasteiger partial charge < -0.3 is 14.7 Å². The van der Waals surface area contributed by atoms with E-state index >= 15 is 0 Å². The van der Waals surface area contributed by atoms with Gasteiger partial charge in [0.1, 0.15) is 0 Å². The molecule has 0 saturated heterocycles. The lowest BCUT2D eigenvalue weighted by atomic mass is 9.87. The van der Waals surface area contributed by atoms with Crippen LogP contribution in [-0.2, 0) is 0 Å². The fourth-order valence-electron chi connectivity index (χ4n) is 8.41. The summed E-state index contributed by atoms with van der Waals surface area (Å²) < 4.78 is 0. The zero-order valence-corrected chi connectivity index (χ0v) is 40.7. The zero-order valence-electron chi connectivity index (χ0n) is 40.7. The van der Waals surface area contributed by atoms with Crippen LogP contribution >= 0.6 is 0 Å². The van der Waals surface area contributed by atoms with Crippen LogP contribution in [0.4, 0.5) is 22.7 Å². The quantitative estimate of drug-likeness (QED) is 0.0922. The van der Waals surface area contributed by atoms with Gasteiger partial charge >= 0.3 is 0 Å². The van der Waals surface area contributed by atoms with Crippen LogP contribution in [0, 0.1) is 26.7 Å². The Bertz CT molecular complexity index is 2740. The summed E-state index contributed by atoms with van der Waals surface area (Å²) >= 11 is 0. The molecule has 0 N–H and O–H groups in total. The van der Waals surface area contributed by atoms with Crippen molar-refractivity contribution in [3.63, 3.8) is 0 Å². The van der Waals surface area contributed by atoms with Crippen molar-refractivity contribution in [2.24, 2.45) is 5.92 Å². The van der Waals surface area contributed by atoms with Gasteiger partial charge in [0.15, 0.2) is 0 Å². The van der Waals surface area contributed by atoms with Gasteiger partial charge in [0, 0.05) is 46.4 Å². The predicted molar refractivity (Wildman–Crippen MR) is 297 cm³/mol. The first kappa shape index (κ1) is 48.3. The highest BCUT2D eigenvalue weighted by Gasteiger charge is 2.30. The Hall–Kier alpha value is -7.62. The predicted octanol–water partition coefficient (Wildman–Crippen LogP) is 17.2. The van der Waals surface area contributed by atoms with Crippen LogP contribution in [0.15, 0.2) is 272 Å². The van der Waals surface area contributed by atoms with Gasteiger partial charge in [-0.3, -0.25) is 0 Å². The average molecular weight is 890 g/mol. The molecule has 0 fully saturated rings. The molecule has 0 radical (unpaired) electrons. The average Bonchev–Trinajstić information content (AvgIpc) is 3.60. The van der Waals surface area contributed by atoms with Gasteiger partial charge in [-0.15, -0.1) is 0 Å². The van der Waals surface area contributed by atoms with Gasteiger partial charge in [0.05, 0.1) is 5.54 Å². The highest BCUT2D eigenvalue weighted by atomic mass is 15.2. The second-order valence-corrected chi connectivity index (χ2v) is 18.0. The molecular formula is C65H67N3. The van der Waals surface area contributed by atoms with E-state index in [1.807, 2.05) is 18.2 Å². The molecule has 3 aliphatic carbocycles. The number of anilines is 4. The van der Waals surface area contributed by atoms with Crippen LogP contribution in [-0.4, -0.2) is 12.1 Å². The number of nitrogens with zero attached hydrogens (tertiary/aromatic N) is 3. The molecule has 7 rings (SSSR count). The van der Waals surface area contributed by atoms with Crippen LogP contribution in [0.25, 0.3) is 6.08 Å². The summed E-state index contributed by atoms with van der Waals surface area (Å²) in [4.78, 5) is 7.11. The Balaban J connectivity index is 1.02. The third-order valence-electron chi connectivity index (χ3n) is 12.5. The molecule has 0 amide bonds. The van der Waals surface area contributed by atoms with Gasteiger partial charge in [-0.1, -0.05) is 201 Å². The van der Waals surface area contributed by atoms with Crippen molar-refractivity contribution < 1.29 is 0 Å². The molecule has 342 valence electrons. The van der Waals surface area contributed by atoms with E-state index in [4.69, 9.17) is 0 Å². The smallest absolute Gasteiger partial charge is 0.0598 e. The normalized spacial score (nSPS) is 18.5. The maximum Gasteiger partial charge on any atom is 0.0598 e. The van der Waals surface area contributed by atoms with E-state index in [9.17, 15) is 0 Å². The second kappa shape index (κ2) is 23.7. The highest BCUT2D eigenvalue weighted by molar-refractivity contribution is 5.71. The van der Waals surface area contributed by atoms with Gasteiger partial charge in [0.2, 0.25) is 0 Å². The minimum absolute atomic E-state index is 0.219. The molecule has 0 spiro atoms. The standard InChI is InChI=1S/C65H67N3/c1-8-10-11-12-16-50-66(59-43-32-55(33-44-59)18-14-13-15-20-58(9-2)67(61-35-22-51(3)23-36-61)62-37-24-52(4)25-38-62)65(7)48-46-57(47-49-65)31-30-56-19-17-21-60(45-34-56)68(63-39-26-53(5)27-40-63)64-41-28-54(6)29-42-64/h8-16,18-24,26-48,52H,1-2,17,25,49-50H2,3-7H3/b11-10-,15-13+,16-12-,18-14+,31-30+,58-20+. The van der Waals surface area contributed by atoms with Crippen LogP contribution in [0.1, 0.15) is 55.4 Å². The molecular weight excluding hydrogens is 823 g/mol. The molecule has 3 heteroatoms. The monoisotopic (exact) mass is 890 g/mol. The molecule has 0 heterocycles. The first-order chi connectivity index (χ1) is 33.1. The number of hydrogen-bond donors (Lipinski definition) is 0. The maximum atomic E-state index is 4.19. The second-order valence-electron chi connectivity index (χ2n) is 18.0. The molecule has 4 aromatic carbocycles. The molecule has 4 aromatic rings. The molecule has 0 aromatic heterocycles. The molecule has 3 nitrogen and oxygen atoms in total. The lowest BCUT2D eigenvalue weighted by Gasteiger charge is -2.41. The summed E-state index contributed by atoms with van der Waals surface area (Å²) in [7, 11) is 0. The lowest BCUT2D eigenvalue weighted by Crippen LogP contribution is -2.45. The van der Waals surface area contributed by atoms with Crippen LogP contribution < -0.4 is 14.7 Å². The topological polar surface area (TPSA) is 9.72 Å². The van der Waals surface area contributed by atoms with Crippen molar-refractivity contribution in [3.05, 3.63) is 294 Å². The van der Waals surface area contributed by atoms with Gasteiger partial charge in [-0.25, -0.2) is 0 Å². The van der Waals surface area contributed by atoms with Crippen LogP contribution in [0.2, 0.25) is 0 Å². The third kappa shape index (κ3) is 13.0. The van der Waals surface area contributed by atoms with Crippen LogP contribution in [0.5, 0.6) is 0 Å². The zero-order chi connectivity index (χ0) is 47.7. The Labute approximate surface area is 407 Å². The summed E-state index contributed by atoms with van der Waals surface area (Å²) in [6.45, 7) is 19.7. The van der Waals surface area contributed by atoms with E-state index in [0.29, 0.717) is 5.92 Å². The summed E-state index contributed by atoms with van der Waals surface area (Å²) in [5, 5.41) is 0. The third-order valence-corrected chi connectivity index (χ3v) is 12.5. The van der Waals surface area contributed by atoms with E-state index in [1.54, 1.807) is 6.08 Å². The van der Waals surface area contributed by atoms with E-state index in [0.717, 1.165) is 59.8 Å². The van der Waals surface area contributed by atoms with Crippen molar-refractivity contribution in [1.82, 2.24) is 0 Å². The molecule has 68 heavy (non-hydrogen) atoms. The number of hydrogen-bond acceptors (Lipinski definition) is 3. The highest BCUT2D eigenvalue weighted by Crippen LogP contribution is 2.35. The minimum Gasteiger partial charge on any atom is -0.359 e. The fraction of sp³-hybridized carbons (Fsp3) is 0.169. The molecule has 2 atom stereocenters. The molecule has 0 saturated carbocycles. The van der Waals surface area contributed by atoms with Crippen molar-refractivity contribution in [2.75, 3.05) is 21.2 Å². The van der Waals surface area contributed by atoms with Crippen molar-refractivity contribution >= 4 is 28.8 Å². The van der Waals surface area contributed by atoms with Gasteiger partial charge in [-0.05, 0) is 142 Å². The van der Waals surface area contributed by atoms with Crippen molar-refractivity contribution in [2.45, 2.75) is 59.4 Å². The van der Waals surface area contributed by atoms with Crippen LogP contribution in [0.3, 0.4) is 0 Å². The Morgan fingerprint density at radius 3 is 1.81 bits per heavy atom. The summed E-state index contributed by atoms with van der Waals surface area (Å²) in [5.74, 6) is 0.541. The van der Waals surface area contributed by atoms with E-state index in [2.05, 4.69) is 275 Å². The first-order valence-electron chi connectivity index (χ1n) is 24.0. The number of rotatable bonds is 18. The summed E-state index contributed by atoms with van der Waals surface area (Å²) in [6.07, 6.45) is 52.7. The summed E-state index contributed by atoms with van der Waals surface area (Å²) in [5.41, 5.74) is 15.0. The minimum atomic E-state index is -0.219. The molecule has 0 bridgehead atoms. The Morgan fingerprint density at radius 2 is 1.22 bits per heavy atom. The largest absolute Gasteiger partial charge is 0.359 e. The van der Waals surface area contributed by atoms with Crippen molar-refractivity contribution in [1.29, 1.82) is 0 Å². The molecule has 2 unspecified atom stereocenters. The van der Waals surface area contributed by atoms with E-state index in [1.165, 1.54) is 39.2 Å². The number of allylic oxidation sites excluding steroid dienone is 21. The fourth-order valence-corrected chi connectivity index (χ4v) is 8.41. The van der Waals surface area contributed by atoms with E-state index < -0.39 is 0 Å². The summed E-state index contributed by atoms with van der Waals surface area (Å²) in [6, 6.07) is 35.1.